The van der Waals surface area contributed by atoms with Crippen LogP contribution in [0.5, 0.6) is 0 Å². The van der Waals surface area contributed by atoms with Crippen molar-refractivity contribution in [3.8, 4) is 0 Å². The molecule has 0 fully saturated rings. The number of nitrogens with zero attached hydrogens (tertiary/aromatic N) is 1. The van der Waals surface area contributed by atoms with E-state index >= 15 is 0 Å². The number of benzene rings is 1. The van der Waals surface area contributed by atoms with Crippen LogP contribution >= 0.6 is 0 Å². The van der Waals surface area contributed by atoms with Gasteiger partial charge in [0, 0.05) is 25.3 Å². The normalized spacial score (nSPS) is 9.77. The lowest BCUT2D eigenvalue weighted by Gasteiger charge is -2.16. The average molecular weight is 178 g/mol. The van der Waals surface area contributed by atoms with Crippen molar-refractivity contribution in [1.29, 1.82) is 0 Å². The molecule has 0 aliphatic heterocycles. The fourth-order valence-corrected chi connectivity index (χ4v) is 1.37. The summed E-state index contributed by atoms with van der Waals surface area (Å²) in [6, 6.07) is 5.54. The summed E-state index contributed by atoms with van der Waals surface area (Å²) in [6.07, 6.45) is 0. The number of primary amides is 1. The van der Waals surface area contributed by atoms with Crippen LogP contribution in [0.25, 0.3) is 0 Å². The second-order valence-electron chi connectivity index (χ2n) is 3.21. The van der Waals surface area contributed by atoms with Gasteiger partial charge in [0.05, 0.1) is 0 Å². The first-order valence-electron chi connectivity index (χ1n) is 4.10. The van der Waals surface area contributed by atoms with Crippen LogP contribution in [0.15, 0.2) is 18.2 Å². The van der Waals surface area contributed by atoms with Crippen molar-refractivity contribution in [3.63, 3.8) is 0 Å². The molecule has 0 saturated carbocycles. The lowest BCUT2D eigenvalue weighted by molar-refractivity contribution is 0.1000. The van der Waals surface area contributed by atoms with Gasteiger partial charge in [0.25, 0.3) is 0 Å². The van der Waals surface area contributed by atoms with Gasteiger partial charge in [0.1, 0.15) is 0 Å². The maximum atomic E-state index is 11.0. The van der Waals surface area contributed by atoms with Crippen LogP contribution in [0, 0.1) is 6.92 Å². The first-order valence-corrected chi connectivity index (χ1v) is 4.10. The number of rotatable bonds is 2. The summed E-state index contributed by atoms with van der Waals surface area (Å²) < 4.78 is 0. The Morgan fingerprint density at radius 3 is 2.46 bits per heavy atom. The molecule has 3 nitrogen and oxygen atoms in total. The summed E-state index contributed by atoms with van der Waals surface area (Å²) in [7, 11) is 3.88. The van der Waals surface area contributed by atoms with Gasteiger partial charge >= 0.3 is 0 Å². The number of nitrogens with two attached hydrogens (primary N) is 1. The summed E-state index contributed by atoms with van der Waals surface area (Å²) in [5, 5.41) is 0. The van der Waals surface area contributed by atoms with Gasteiger partial charge in [-0.3, -0.25) is 4.79 Å². The van der Waals surface area contributed by atoms with E-state index in [1.807, 2.05) is 38.1 Å². The number of anilines is 1. The molecular weight excluding hydrogens is 164 g/mol. The summed E-state index contributed by atoms with van der Waals surface area (Å²) in [6.45, 7) is 1.90. The van der Waals surface area contributed by atoms with E-state index in [0.717, 1.165) is 11.3 Å². The number of hydrogen-bond acceptors (Lipinski definition) is 2. The first-order chi connectivity index (χ1) is 6.04. The van der Waals surface area contributed by atoms with E-state index < -0.39 is 0 Å². The van der Waals surface area contributed by atoms with Crippen LogP contribution in [0.4, 0.5) is 5.69 Å². The molecule has 0 atom stereocenters. The number of carbonyl (C=O) groups excluding carboxylic acids is 1. The van der Waals surface area contributed by atoms with Crippen molar-refractivity contribution < 1.29 is 4.79 Å². The second-order valence-corrected chi connectivity index (χ2v) is 3.21. The topological polar surface area (TPSA) is 46.3 Å². The highest BCUT2D eigenvalue weighted by Crippen LogP contribution is 2.20. The van der Waals surface area contributed by atoms with Gasteiger partial charge in [-0.2, -0.15) is 0 Å². The van der Waals surface area contributed by atoms with Crippen molar-refractivity contribution in [2.75, 3.05) is 19.0 Å². The molecule has 0 saturated heterocycles. The van der Waals surface area contributed by atoms with Gasteiger partial charge in [0.2, 0.25) is 5.91 Å². The van der Waals surface area contributed by atoms with E-state index in [1.54, 1.807) is 6.07 Å². The molecule has 1 rings (SSSR count). The van der Waals surface area contributed by atoms with Crippen LogP contribution in [0.2, 0.25) is 0 Å². The largest absolute Gasteiger partial charge is 0.377 e. The van der Waals surface area contributed by atoms with Crippen LogP contribution in [0.3, 0.4) is 0 Å². The van der Waals surface area contributed by atoms with E-state index in [2.05, 4.69) is 0 Å². The van der Waals surface area contributed by atoms with Crippen molar-refractivity contribution in [3.05, 3.63) is 29.3 Å². The van der Waals surface area contributed by atoms with Gasteiger partial charge in [-0.15, -0.1) is 0 Å². The van der Waals surface area contributed by atoms with Crippen molar-refractivity contribution in [2.24, 2.45) is 5.73 Å². The lowest BCUT2D eigenvalue weighted by atomic mass is 10.1. The fraction of sp³-hybridized carbons (Fsp3) is 0.300. The van der Waals surface area contributed by atoms with Gasteiger partial charge in [-0.1, -0.05) is 6.07 Å². The Morgan fingerprint density at radius 1 is 1.38 bits per heavy atom. The molecule has 0 bridgehead atoms. The summed E-state index contributed by atoms with van der Waals surface area (Å²) in [5.74, 6) is -0.374. The minimum absolute atomic E-state index is 0.374. The third kappa shape index (κ3) is 1.80. The molecule has 0 aromatic heterocycles. The van der Waals surface area contributed by atoms with Crippen LogP contribution in [-0.2, 0) is 0 Å². The van der Waals surface area contributed by atoms with Gasteiger partial charge in [-0.05, 0) is 24.6 Å². The lowest BCUT2D eigenvalue weighted by Crippen LogP contribution is -2.16. The van der Waals surface area contributed by atoms with E-state index in [1.165, 1.54) is 0 Å². The molecule has 0 spiro atoms. The zero-order chi connectivity index (χ0) is 10.0. The van der Waals surface area contributed by atoms with E-state index in [4.69, 9.17) is 5.73 Å². The maximum Gasteiger partial charge on any atom is 0.249 e. The third-order valence-electron chi connectivity index (χ3n) is 2.05. The van der Waals surface area contributed by atoms with Crippen LogP contribution in [0.1, 0.15) is 15.9 Å². The molecule has 0 aliphatic rings. The number of hydrogen-bond donors (Lipinski definition) is 1. The molecule has 70 valence electrons. The predicted molar refractivity (Wildman–Crippen MR) is 54.0 cm³/mol. The summed E-state index contributed by atoms with van der Waals surface area (Å²) in [4.78, 5) is 13.0. The minimum atomic E-state index is -0.374. The molecule has 13 heavy (non-hydrogen) atoms. The standard InChI is InChI=1S/C10H14N2O/c1-7-8(10(11)13)5-4-6-9(7)12(2)3/h4-6H,1-3H3,(H2,11,13). The van der Waals surface area contributed by atoms with Gasteiger partial charge in [-0.25, -0.2) is 0 Å². The Bertz CT molecular complexity index is 332. The van der Waals surface area contributed by atoms with E-state index in [9.17, 15) is 4.79 Å². The Kier molecular flexibility index (Phi) is 2.56. The molecule has 2 N–H and O–H groups in total. The van der Waals surface area contributed by atoms with Crippen molar-refractivity contribution in [1.82, 2.24) is 0 Å². The highest BCUT2D eigenvalue weighted by molar-refractivity contribution is 5.95. The van der Waals surface area contributed by atoms with Crippen molar-refractivity contribution in [2.45, 2.75) is 6.92 Å². The first kappa shape index (κ1) is 9.58. The molecule has 1 aromatic carbocycles. The number of amides is 1. The smallest absolute Gasteiger partial charge is 0.249 e. The second kappa shape index (κ2) is 3.47. The summed E-state index contributed by atoms with van der Waals surface area (Å²) >= 11 is 0. The zero-order valence-electron chi connectivity index (χ0n) is 8.16. The van der Waals surface area contributed by atoms with Crippen LogP contribution < -0.4 is 10.6 Å². The zero-order valence-corrected chi connectivity index (χ0v) is 8.16. The molecule has 0 unspecified atom stereocenters. The minimum Gasteiger partial charge on any atom is -0.377 e. The molecule has 3 heteroatoms. The maximum absolute atomic E-state index is 11.0. The third-order valence-corrected chi connectivity index (χ3v) is 2.05. The Morgan fingerprint density at radius 2 is 2.00 bits per heavy atom. The van der Waals surface area contributed by atoms with E-state index in [-0.39, 0.29) is 5.91 Å². The monoisotopic (exact) mass is 178 g/mol. The Hall–Kier alpha value is -1.51. The SMILES string of the molecule is Cc1c(C(N)=O)cccc1N(C)C. The molecule has 0 aliphatic carbocycles. The fourth-order valence-electron chi connectivity index (χ4n) is 1.37. The molecule has 0 heterocycles. The average Bonchev–Trinajstić information content (AvgIpc) is 2.03. The van der Waals surface area contributed by atoms with E-state index in [0.29, 0.717) is 5.56 Å². The van der Waals surface area contributed by atoms with Gasteiger partial charge in [0.15, 0.2) is 0 Å². The quantitative estimate of drug-likeness (QED) is 0.738. The highest BCUT2D eigenvalue weighted by Gasteiger charge is 2.08. The highest BCUT2D eigenvalue weighted by atomic mass is 16.1. The molecular formula is C10H14N2O. The van der Waals surface area contributed by atoms with Gasteiger partial charge < -0.3 is 10.6 Å². The van der Waals surface area contributed by atoms with Crippen molar-refractivity contribution >= 4 is 11.6 Å². The molecule has 0 radical (unpaired) electrons. The molecule has 1 aromatic rings. The summed E-state index contributed by atoms with van der Waals surface area (Å²) in [5.41, 5.74) is 7.77. The number of carbonyl (C=O) groups is 1. The predicted octanol–water partition coefficient (Wildman–Crippen LogP) is 1.16. The Balaban J connectivity index is 3.26. The van der Waals surface area contributed by atoms with Crippen LogP contribution in [-0.4, -0.2) is 20.0 Å². The Labute approximate surface area is 78.2 Å². The molecule has 1 amide bonds.